The predicted molar refractivity (Wildman–Crippen MR) is 117 cm³/mol. The van der Waals surface area contributed by atoms with Gasteiger partial charge in [-0.1, -0.05) is 23.7 Å². The minimum atomic E-state index is -4.50. The Morgan fingerprint density at radius 1 is 0.968 bits per heavy atom. The molecule has 2 aliphatic rings. The Balaban J connectivity index is 1.53. The van der Waals surface area contributed by atoms with Crippen molar-refractivity contribution in [2.24, 2.45) is 0 Å². The van der Waals surface area contributed by atoms with Gasteiger partial charge < -0.3 is 9.80 Å². The summed E-state index contributed by atoms with van der Waals surface area (Å²) in [5.74, 6) is -0.332. The Labute approximate surface area is 185 Å². The third kappa shape index (κ3) is 5.42. The van der Waals surface area contributed by atoms with E-state index in [1.54, 1.807) is 30.3 Å². The van der Waals surface area contributed by atoms with Crippen LogP contribution in [-0.4, -0.2) is 42.9 Å². The molecule has 0 unspecified atom stereocenters. The van der Waals surface area contributed by atoms with E-state index in [0.29, 0.717) is 29.8 Å². The Morgan fingerprint density at radius 2 is 1.61 bits per heavy atom. The second-order valence-corrected chi connectivity index (χ2v) is 8.89. The second kappa shape index (κ2) is 9.21. The van der Waals surface area contributed by atoms with Crippen molar-refractivity contribution in [2.45, 2.75) is 44.3 Å². The molecule has 2 saturated heterocycles. The van der Waals surface area contributed by atoms with Gasteiger partial charge in [0.25, 0.3) is 0 Å². The van der Waals surface area contributed by atoms with Crippen molar-refractivity contribution < 1.29 is 18.0 Å². The van der Waals surface area contributed by atoms with Gasteiger partial charge in [-0.3, -0.25) is 4.79 Å². The van der Waals surface area contributed by atoms with E-state index in [4.69, 9.17) is 11.6 Å². The zero-order valence-corrected chi connectivity index (χ0v) is 18.1. The van der Waals surface area contributed by atoms with Crippen LogP contribution in [0.2, 0.25) is 5.02 Å². The molecule has 31 heavy (non-hydrogen) atoms. The van der Waals surface area contributed by atoms with Gasteiger partial charge in [0.1, 0.15) is 0 Å². The molecule has 2 heterocycles. The first-order valence-electron chi connectivity index (χ1n) is 10.8. The normalized spacial score (nSPS) is 18.5. The molecule has 0 atom stereocenters. The highest BCUT2D eigenvalue weighted by molar-refractivity contribution is 6.30. The molecule has 166 valence electrons. The SMILES string of the molecule is O=C(Cc1ccc(Cl)cc1)c1cc(N2CCC(N3CCCC3)CC2)cc(C(F)(F)F)c1. The van der Waals surface area contributed by atoms with Crippen molar-refractivity contribution in [2.75, 3.05) is 31.1 Å². The quantitative estimate of drug-likeness (QED) is 0.534. The van der Waals surface area contributed by atoms with Crippen LogP contribution in [-0.2, 0) is 12.6 Å². The van der Waals surface area contributed by atoms with Gasteiger partial charge in [-0.05, 0) is 74.7 Å². The maximum Gasteiger partial charge on any atom is 0.416 e. The summed E-state index contributed by atoms with van der Waals surface area (Å²) >= 11 is 5.88. The zero-order valence-electron chi connectivity index (χ0n) is 17.3. The van der Waals surface area contributed by atoms with Crippen LogP contribution in [0.3, 0.4) is 0 Å². The molecule has 0 radical (unpaired) electrons. The first-order chi connectivity index (χ1) is 14.8. The molecule has 0 amide bonds. The molecule has 2 aromatic rings. The fraction of sp³-hybridized carbons (Fsp3) is 0.458. The summed E-state index contributed by atoms with van der Waals surface area (Å²) in [6.07, 6.45) is -0.136. The largest absolute Gasteiger partial charge is 0.416 e. The lowest BCUT2D eigenvalue weighted by Crippen LogP contribution is -2.44. The standard InChI is InChI=1S/C24H26ClF3N2O/c25-20-5-3-17(4-6-20)13-23(31)18-14-19(24(26,27)28)16-22(15-18)30-11-7-21(8-12-30)29-9-1-2-10-29/h3-6,14-16,21H,1-2,7-13H2. The summed E-state index contributed by atoms with van der Waals surface area (Å²) in [7, 11) is 0. The van der Waals surface area contributed by atoms with Crippen LogP contribution in [0.1, 0.15) is 47.2 Å². The first-order valence-corrected chi connectivity index (χ1v) is 11.2. The molecule has 7 heteroatoms. The van der Waals surface area contributed by atoms with Crippen LogP contribution in [0.25, 0.3) is 0 Å². The van der Waals surface area contributed by atoms with Gasteiger partial charge in [-0.2, -0.15) is 13.2 Å². The number of hydrogen-bond acceptors (Lipinski definition) is 3. The Kier molecular flexibility index (Phi) is 6.58. The number of carbonyl (C=O) groups is 1. The molecule has 0 aliphatic carbocycles. The highest BCUT2D eigenvalue weighted by Crippen LogP contribution is 2.34. The van der Waals surface area contributed by atoms with Crippen molar-refractivity contribution in [1.82, 2.24) is 4.90 Å². The molecule has 0 aromatic heterocycles. The molecule has 0 N–H and O–H groups in total. The van der Waals surface area contributed by atoms with E-state index in [-0.39, 0.29) is 17.8 Å². The Bertz CT molecular complexity index is 915. The lowest BCUT2D eigenvalue weighted by Gasteiger charge is -2.38. The van der Waals surface area contributed by atoms with E-state index >= 15 is 0 Å². The topological polar surface area (TPSA) is 23.6 Å². The fourth-order valence-corrected chi connectivity index (χ4v) is 4.73. The number of benzene rings is 2. The van der Waals surface area contributed by atoms with Gasteiger partial charge in [-0.15, -0.1) is 0 Å². The average Bonchev–Trinajstić information content (AvgIpc) is 3.29. The number of Topliss-reactive ketones (excluding diaryl/α,β-unsaturated/α-hetero) is 1. The van der Waals surface area contributed by atoms with Gasteiger partial charge in [0.05, 0.1) is 5.56 Å². The number of likely N-dealkylation sites (tertiary alicyclic amines) is 1. The van der Waals surface area contributed by atoms with E-state index < -0.39 is 11.7 Å². The minimum absolute atomic E-state index is 0.0367. The van der Waals surface area contributed by atoms with E-state index in [1.165, 1.54) is 18.9 Å². The maximum absolute atomic E-state index is 13.6. The molecular formula is C24H26ClF3N2O. The summed E-state index contributed by atoms with van der Waals surface area (Å²) in [6.45, 7) is 3.65. The molecule has 0 spiro atoms. The highest BCUT2D eigenvalue weighted by Gasteiger charge is 2.33. The lowest BCUT2D eigenvalue weighted by atomic mass is 9.98. The van der Waals surface area contributed by atoms with Crippen molar-refractivity contribution in [1.29, 1.82) is 0 Å². The smallest absolute Gasteiger partial charge is 0.371 e. The van der Waals surface area contributed by atoms with Crippen LogP contribution in [0.4, 0.5) is 18.9 Å². The molecule has 2 aliphatic heterocycles. The van der Waals surface area contributed by atoms with Crippen LogP contribution in [0.5, 0.6) is 0 Å². The number of nitrogens with zero attached hydrogens (tertiary/aromatic N) is 2. The average molecular weight is 451 g/mol. The molecule has 3 nitrogen and oxygen atoms in total. The van der Waals surface area contributed by atoms with E-state index in [0.717, 1.165) is 37.6 Å². The van der Waals surface area contributed by atoms with Gasteiger partial charge in [0.15, 0.2) is 5.78 Å². The fourth-order valence-electron chi connectivity index (χ4n) is 4.60. The number of halogens is 4. The molecule has 0 bridgehead atoms. The summed E-state index contributed by atoms with van der Waals surface area (Å²) in [6, 6.07) is 11.1. The van der Waals surface area contributed by atoms with Crippen LogP contribution < -0.4 is 4.90 Å². The van der Waals surface area contributed by atoms with Crippen molar-refractivity contribution in [3.8, 4) is 0 Å². The lowest BCUT2D eigenvalue weighted by molar-refractivity contribution is -0.137. The number of anilines is 1. The number of rotatable bonds is 5. The van der Waals surface area contributed by atoms with E-state index in [1.807, 2.05) is 4.90 Å². The van der Waals surface area contributed by atoms with Crippen molar-refractivity contribution in [3.63, 3.8) is 0 Å². The van der Waals surface area contributed by atoms with Crippen LogP contribution >= 0.6 is 11.6 Å². The zero-order chi connectivity index (χ0) is 22.0. The number of alkyl halides is 3. The molecule has 4 rings (SSSR count). The molecule has 0 saturated carbocycles. The summed E-state index contributed by atoms with van der Waals surface area (Å²) in [5, 5.41) is 0.551. The number of carbonyl (C=O) groups excluding carboxylic acids is 1. The van der Waals surface area contributed by atoms with Crippen molar-refractivity contribution >= 4 is 23.1 Å². The van der Waals surface area contributed by atoms with Gasteiger partial charge in [-0.25, -0.2) is 0 Å². The molecule has 2 aromatic carbocycles. The summed E-state index contributed by atoms with van der Waals surface area (Å²) < 4.78 is 40.7. The summed E-state index contributed by atoms with van der Waals surface area (Å²) in [4.78, 5) is 17.3. The van der Waals surface area contributed by atoms with Gasteiger partial charge in [0, 0.05) is 41.8 Å². The minimum Gasteiger partial charge on any atom is -0.371 e. The number of piperidine rings is 1. The monoisotopic (exact) mass is 450 g/mol. The second-order valence-electron chi connectivity index (χ2n) is 8.45. The Hall–Kier alpha value is -2.05. The Morgan fingerprint density at radius 3 is 2.23 bits per heavy atom. The van der Waals surface area contributed by atoms with E-state index in [9.17, 15) is 18.0 Å². The first kappa shape index (κ1) is 22.2. The predicted octanol–water partition coefficient (Wildman–Crippen LogP) is 5.85. The van der Waals surface area contributed by atoms with Crippen LogP contribution in [0, 0.1) is 0 Å². The van der Waals surface area contributed by atoms with E-state index in [2.05, 4.69) is 4.90 Å². The number of ketones is 1. The number of hydrogen-bond donors (Lipinski definition) is 0. The van der Waals surface area contributed by atoms with Crippen LogP contribution in [0.15, 0.2) is 42.5 Å². The molecule has 2 fully saturated rings. The van der Waals surface area contributed by atoms with Gasteiger partial charge in [0.2, 0.25) is 0 Å². The highest BCUT2D eigenvalue weighted by atomic mass is 35.5. The summed E-state index contributed by atoms with van der Waals surface area (Å²) in [5.41, 5.74) is 0.529. The third-order valence-electron chi connectivity index (χ3n) is 6.33. The third-order valence-corrected chi connectivity index (χ3v) is 6.58. The van der Waals surface area contributed by atoms with Crippen molar-refractivity contribution in [3.05, 3.63) is 64.2 Å². The maximum atomic E-state index is 13.6. The molecular weight excluding hydrogens is 425 g/mol. The van der Waals surface area contributed by atoms with Gasteiger partial charge >= 0.3 is 6.18 Å².